The molecule has 19 heavy (non-hydrogen) atoms. The molecule has 1 aliphatic carbocycles. The van der Waals surface area contributed by atoms with E-state index in [1.807, 2.05) is 23.9 Å². The Morgan fingerprint density at radius 3 is 2.79 bits per heavy atom. The first-order chi connectivity index (χ1) is 9.20. The van der Waals surface area contributed by atoms with E-state index in [-0.39, 0.29) is 5.78 Å². The molecule has 0 N–H and O–H groups in total. The number of carbonyl (C=O) groups excluding carboxylic acids is 1. The molecule has 0 radical (unpaired) electrons. The van der Waals surface area contributed by atoms with E-state index >= 15 is 0 Å². The Bertz CT molecular complexity index is 640. The zero-order chi connectivity index (χ0) is 13.4. The van der Waals surface area contributed by atoms with Crippen molar-refractivity contribution in [3.05, 3.63) is 41.2 Å². The first kappa shape index (κ1) is 12.2. The number of carbonyl (C=O) groups is 1. The number of Topliss-reactive ketones (excluding diaryl/α,β-unsaturated/α-hetero) is 1. The number of aromatic nitrogens is 2. The van der Waals surface area contributed by atoms with Gasteiger partial charge in [-0.3, -0.25) is 9.48 Å². The second-order valence-electron chi connectivity index (χ2n) is 5.17. The second-order valence-corrected chi connectivity index (χ2v) is 5.17. The number of rotatable bonds is 3. The van der Waals surface area contributed by atoms with Gasteiger partial charge in [0.05, 0.1) is 5.69 Å². The summed E-state index contributed by atoms with van der Waals surface area (Å²) in [6, 6.07) is 6.05. The largest absolute Gasteiger partial charge is 0.294 e. The molecule has 1 aliphatic rings. The van der Waals surface area contributed by atoms with Gasteiger partial charge in [0, 0.05) is 30.8 Å². The van der Waals surface area contributed by atoms with E-state index < -0.39 is 0 Å². The Balaban J connectivity index is 2.15. The van der Waals surface area contributed by atoms with E-state index in [0.717, 1.165) is 30.5 Å². The second kappa shape index (κ2) is 4.65. The van der Waals surface area contributed by atoms with Crippen LogP contribution in [0, 0.1) is 0 Å². The van der Waals surface area contributed by atoms with E-state index in [1.165, 1.54) is 16.7 Å². The molecule has 3 rings (SSSR count). The molecule has 0 fully saturated rings. The van der Waals surface area contributed by atoms with E-state index in [9.17, 15) is 4.79 Å². The predicted molar refractivity (Wildman–Crippen MR) is 75.3 cm³/mol. The third kappa shape index (κ3) is 1.99. The molecule has 3 heteroatoms. The van der Waals surface area contributed by atoms with Crippen LogP contribution in [-0.2, 0) is 19.9 Å². The first-order valence-corrected chi connectivity index (χ1v) is 6.88. The summed E-state index contributed by atoms with van der Waals surface area (Å²) in [5.41, 5.74) is 5.63. The molecule has 1 aromatic carbocycles. The van der Waals surface area contributed by atoms with Gasteiger partial charge in [0.2, 0.25) is 0 Å². The molecule has 98 valence electrons. The Kier molecular flexibility index (Phi) is 2.97. The maximum absolute atomic E-state index is 11.8. The average molecular weight is 254 g/mol. The Morgan fingerprint density at radius 1 is 1.21 bits per heavy atom. The zero-order valence-corrected chi connectivity index (χ0v) is 11.4. The molecule has 1 aromatic heterocycles. The van der Waals surface area contributed by atoms with Crippen LogP contribution in [-0.4, -0.2) is 15.6 Å². The molecule has 0 saturated heterocycles. The minimum absolute atomic E-state index is 0.276. The van der Waals surface area contributed by atoms with Crippen LogP contribution in [0.15, 0.2) is 24.4 Å². The predicted octanol–water partition coefficient (Wildman–Crippen LogP) is 3.17. The van der Waals surface area contributed by atoms with Gasteiger partial charge in [-0.05, 0) is 24.0 Å². The minimum atomic E-state index is 0.276. The van der Waals surface area contributed by atoms with Crippen molar-refractivity contribution in [1.82, 2.24) is 9.78 Å². The summed E-state index contributed by atoms with van der Waals surface area (Å²) >= 11 is 0. The number of aryl methyl sites for hydroxylation is 2. The van der Waals surface area contributed by atoms with Crippen molar-refractivity contribution in [3.63, 3.8) is 0 Å². The standard InChI is InChI=1S/C16H18N2O/c1-3-5-15-14(10-18(2)17-15)11-6-4-7-13-12(11)8-9-16(13)19/h4,6-7,10H,3,5,8-9H2,1-2H3. The van der Waals surface area contributed by atoms with Gasteiger partial charge in [-0.2, -0.15) is 5.10 Å². The van der Waals surface area contributed by atoms with E-state index in [4.69, 9.17) is 0 Å². The summed E-state index contributed by atoms with van der Waals surface area (Å²) in [6.45, 7) is 2.16. The van der Waals surface area contributed by atoms with Gasteiger partial charge in [0.1, 0.15) is 0 Å². The highest BCUT2D eigenvalue weighted by Gasteiger charge is 2.23. The fourth-order valence-corrected chi connectivity index (χ4v) is 2.92. The lowest BCUT2D eigenvalue weighted by Crippen LogP contribution is -1.94. The van der Waals surface area contributed by atoms with Crippen LogP contribution in [0.25, 0.3) is 11.1 Å². The van der Waals surface area contributed by atoms with Crippen molar-refractivity contribution >= 4 is 5.78 Å². The summed E-state index contributed by atoms with van der Waals surface area (Å²) < 4.78 is 1.87. The molecule has 3 nitrogen and oxygen atoms in total. The normalized spacial score (nSPS) is 13.9. The van der Waals surface area contributed by atoms with E-state index in [0.29, 0.717) is 6.42 Å². The number of hydrogen-bond donors (Lipinski definition) is 0. The summed E-state index contributed by atoms with van der Waals surface area (Å²) in [5, 5.41) is 4.55. The number of benzene rings is 1. The molecule has 0 bridgehead atoms. The first-order valence-electron chi connectivity index (χ1n) is 6.88. The molecule has 0 saturated carbocycles. The maximum Gasteiger partial charge on any atom is 0.163 e. The summed E-state index contributed by atoms with van der Waals surface area (Å²) in [6.07, 6.45) is 5.65. The lowest BCUT2D eigenvalue weighted by Gasteiger charge is -2.07. The third-order valence-corrected chi connectivity index (χ3v) is 3.76. The van der Waals surface area contributed by atoms with Gasteiger partial charge >= 0.3 is 0 Å². The highest BCUT2D eigenvalue weighted by molar-refractivity contribution is 6.02. The van der Waals surface area contributed by atoms with Gasteiger partial charge in [-0.25, -0.2) is 0 Å². The molecular formula is C16H18N2O. The van der Waals surface area contributed by atoms with Gasteiger partial charge < -0.3 is 0 Å². The lowest BCUT2D eigenvalue weighted by molar-refractivity contribution is 0.0994. The number of nitrogens with zero attached hydrogens (tertiary/aromatic N) is 2. The Labute approximate surface area is 113 Å². The fraction of sp³-hybridized carbons (Fsp3) is 0.375. The van der Waals surface area contributed by atoms with Crippen LogP contribution < -0.4 is 0 Å². The van der Waals surface area contributed by atoms with Crippen molar-refractivity contribution in [2.24, 2.45) is 7.05 Å². The van der Waals surface area contributed by atoms with Gasteiger partial charge in [-0.1, -0.05) is 31.5 Å². The SMILES string of the molecule is CCCc1nn(C)cc1-c1cccc2c1CCC2=O. The summed E-state index contributed by atoms with van der Waals surface area (Å²) in [4.78, 5) is 11.8. The molecule has 0 aliphatic heterocycles. The van der Waals surface area contributed by atoms with Crippen LogP contribution in [0.5, 0.6) is 0 Å². The molecule has 1 heterocycles. The lowest BCUT2D eigenvalue weighted by atomic mass is 9.96. The van der Waals surface area contributed by atoms with Crippen molar-refractivity contribution in [2.75, 3.05) is 0 Å². The molecule has 0 spiro atoms. The van der Waals surface area contributed by atoms with Crippen molar-refractivity contribution < 1.29 is 4.79 Å². The third-order valence-electron chi connectivity index (χ3n) is 3.76. The van der Waals surface area contributed by atoms with E-state index in [2.05, 4.69) is 24.3 Å². The van der Waals surface area contributed by atoms with Gasteiger partial charge in [-0.15, -0.1) is 0 Å². The number of fused-ring (bicyclic) bond motifs is 1. The van der Waals surface area contributed by atoms with Crippen LogP contribution >= 0.6 is 0 Å². The monoisotopic (exact) mass is 254 g/mol. The van der Waals surface area contributed by atoms with Crippen LogP contribution in [0.3, 0.4) is 0 Å². The quantitative estimate of drug-likeness (QED) is 0.843. The van der Waals surface area contributed by atoms with Crippen molar-refractivity contribution in [3.8, 4) is 11.1 Å². The smallest absolute Gasteiger partial charge is 0.163 e. The number of ketones is 1. The van der Waals surface area contributed by atoms with Gasteiger partial charge in [0.25, 0.3) is 0 Å². The van der Waals surface area contributed by atoms with Crippen LogP contribution in [0.1, 0.15) is 41.4 Å². The minimum Gasteiger partial charge on any atom is -0.294 e. The Hall–Kier alpha value is -1.90. The van der Waals surface area contributed by atoms with E-state index in [1.54, 1.807) is 0 Å². The maximum atomic E-state index is 11.8. The molecule has 2 aromatic rings. The number of hydrogen-bond acceptors (Lipinski definition) is 2. The Morgan fingerprint density at radius 2 is 2.00 bits per heavy atom. The average Bonchev–Trinajstić information content (AvgIpc) is 2.94. The molecule has 0 unspecified atom stereocenters. The van der Waals surface area contributed by atoms with Crippen molar-refractivity contribution in [2.45, 2.75) is 32.6 Å². The molecule has 0 atom stereocenters. The van der Waals surface area contributed by atoms with Crippen LogP contribution in [0.4, 0.5) is 0 Å². The van der Waals surface area contributed by atoms with Crippen molar-refractivity contribution in [1.29, 1.82) is 0 Å². The van der Waals surface area contributed by atoms with Gasteiger partial charge in [0.15, 0.2) is 5.78 Å². The fourth-order valence-electron chi connectivity index (χ4n) is 2.92. The summed E-state index contributed by atoms with van der Waals surface area (Å²) in [7, 11) is 1.96. The molecule has 0 amide bonds. The molecular weight excluding hydrogens is 236 g/mol. The van der Waals surface area contributed by atoms with Crippen LogP contribution in [0.2, 0.25) is 0 Å². The topological polar surface area (TPSA) is 34.9 Å². The zero-order valence-electron chi connectivity index (χ0n) is 11.4. The highest BCUT2D eigenvalue weighted by Crippen LogP contribution is 2.34. The summed E-state index contributed by atoms with van der Waals surface area (Å²) in [5.74, 6) is 0.276. The highest BCUT2D eigenvalue weighted by atomic mass is 16.1.